The molecule has 1 rings (SSSR count). The number of nitrogens with zero attached hydrogens (tertiary/aromatic N) is 1. The van der Waals surface area contributed by atoms with Crippen LogP contribution in [0.5, 0.6) is 0 Å². The second-order valence-electron chi connectivity index (χ2n) is 3.73. The Hall–Kier alpha value is -1.64. The molecule has 0 spiro atoms. The van der Waals surface area contributed by atoms with Gasteiger partial charge >= 0.3 is 0 Å². The van der Waals surface area contributed by atoms with Crippen molar-refractivity contribution in [3.8, 4) is 0 Å². The number of carbonyl (C=O) groups is 1. The van der Waals surface area contributed by atoms with Gasteiger partial charge in [0.25, 0.3) is 0 Å². The second kappa shape index (κ2) is 5.29. The average Bonchev–Trinajstić information content (AvgIpc) is 2.17. The zero-order chi connectivity index (χ0) is 11.3. The Morgan fingerprint density at radius 1 is 1.40 bits per heavy atom. The number of carbonyl (C=O) groups excluding carboxylic acids is 1. The molecule has 0 radical (unpaired) electrons. The van der Waals surface area contributed by atoms with Gasteiger partial charge in [-0.05, 0) is 38.5 Å². The minimum Gasteiger partial charge on any atom is -0.346 e. The summed E-state index contributed by atoms with van der Waals surface area (Å²) in [6, 6.07) is 3.80. The smallest absolute Gasteiger partial charge is 0.244 e. The van der Waals surface area contributed by atoms with E-state index in [-0.39, 0.29) is 11.9 Å². The highest BCUT2D eigenvalue weighted by molar-refractivity contribution is 5.88. The fraction of sp³-hybridized carbons (Fsp3) is 0.333. The molecule has 3 nitrogen and oxygen atoms in total. The minimum absolute atomic E-state index is 0.0103. The quantitative estimate of drug-likeness (QED) is 0.767. The minimum atomic E-state index is -0.0562. The molecule has 3 heteroatoms. The predicted octanol–water partition coefficient (Wildman–Crippen LogP) is 2.22. The van der Waals surface area contributed by atoms with E-state index < -0.39 is 0 Å². The standard InChI is InChI=1S/C12H16N2O/c1-9(2)8-12(15)14-10(3)11-4-6-13-7-5-11/h4-8,10H,1-3H3,(H,14,15)/t10-/m1/s1. The van der Waals surface area contributed by atoms with E-state index >= 15 is 0 Å². The van der Waals surface area contributed by atoms with Crippen molar-refractivity contribution in [3.63, 3.8) is 0 Å². The molecule has 1 heterocycles. The van der Waals surface area contributed by atoms with Crippen LogP contribution in [0, 0.1) is 0 Å². The van der Waals surface area contributed by atoms with Crippen molar-refractivity contribution in [2.24, 2.45) is 0 Å². The molecule has 0 aromatic carbocycles. The summed E-state index contributed by atoms with van der Waals surface area (Å²) in [6.07, 6.45) is 5.04. The third-order valence-electron chi connectivity index (χ3n) is 1.98. The van der Waals surface area contributed by atoms with Gasteiger partial charge in [0.1, 0.15) is 0 Å². The van der Waals surface area contributed by atoms with E-state index in [1.807, 2.05) is 32.9 Å². The van der Waals surface area contributed by atoms with Gasteiger partial charge in [-0.25, -0.2) is 0 Å². The molecule has 1 atom stereocenters. The van der Waals surface area contributed by atoms with Crippen LogP contribution in [0.2, 0.25) is 0 Å². The first-order valence-electron chi connectivity index (χ1n) is 4.95. The van der Waals surface area contributed by atoms with Crippen molar-refractivity contribution < 1.29 is 4.79 Å². The third-order valence-corrected chi connectivity index (χ3v) is 1.98. The van der Waals surface area contributed by atoms with Gasteiger partial charge in [-0.2, -0.15) is 0 Å². The van der Waals surface area contributed by atoms with E-state index in [9.17, 15) is 4.79 Å². The van der Waals surface area contributed by atoms with Gasteiger partial charge in [0, 0.05) is 18.5 Å². The van der Waals surface area contributed by atoms with Crippen LogP contribution in [0.25, 0.3) is 0 Å². The van der Waals surface area contributed by atoms with Gasteiger partial charge in [0.2, 0.25) is 5.91 Å². The third kappa shape index (κ3) is 3.94. The van der Waals surface area contributed by atoms with E-state index in [0.29, 0.717) is 0 Å². The van der Waals surface area contributed by atoms with Crippen molar-refractivity contribution in [2.45, 2.75) is 26.8 Å². The summed E-state index contributed by atoms with van der Waals surface area (Å²) in [5.41, 5.74) is 2.05. The van der Waals surface area contributed by atoms with E-state index in [1.54, 1.807) is 18.5 Å². The summed E-state index contributed by atoms with van der Waals surface area (Å²) in [5.74, 6) is -0.0562. The molecule has 0 bridgehead atoms. The van der Waals surface area contributed by atoms with Gasteiger partial charge in [-0.15, -0.1) is 0 Å². The molecule has 0 aliphatic carbocycles. The van der Waals surface area contributed by atoms with Crippen LogP contribution in [-0.2, 0) is 4.79 Å². The van der Waals surface area contributed by atoms with Crippen LogP contribution >= 0.6 is 0 Å². The van der Waals surface area contributed by atoms with E-state index in [4.69, 9.17) is 0 Å². The fourth-order valence-corrected chi connectivity index (χ4v) is 1.25. The normalized spacial score (nSPS) is 11.7. The Bertz CT molecular complexity index is 353. The number of hydrogen-bond acceptors (Lipinski definition) is 2. The summed E-state index contributed by atoms with van der Waals surface area (Å²) in [5, 5.41) is 2.88. The average molecular weight is 204 g/mol. The zero-order valence-corrected chi connectivity index (χ0v) is 9.32. The lowest BCUT2D eigenvalue weighted by Gasteiger charge is -2.12. The van der Waals surface area contributed by atoms with Crippen molar-refractivity contribution in [1.29, 1.82) is 0 Å². The molecular weight excluding hydrogens is 188 g/mol. The van der Waals surface area contributed by atoms with Gasteiger partial charge < -0.3 is 5.32 Å². The molecule has 0 unspecified atom stereocenters. The maximum absolute atomic E-state index is 11.4. The molecule has 0 aliphatic rings. The summed E-state index contributed by atoms with van der Waals surface area (Å²) in [6.45, 7) is 5.75. The van der Waals surface area contributed by atoms with E-state index in [1.165, 1.54) is 0 Å². The highest BCUT2D eigenvalue weighted by Gasteiger charge is 2.06. The molecule has 80 valence electrons. The Labute approximate surface area is 90.2 Å². The number of pyridine rings is 1. The topological polar surface area (TPSA) is 42.0 Å². The maximum Gasteiger partial charge on any atom is 0.244 e. The molecule has 1 amide bonds. The Morgan fingerprint density at radius 2 is 2.00 bits per heavy atom. The zero-order valence-electron chi connectivity index (χ0n) is 9.32. The van der Waals surface area contributed by atoms with Crippen LogP contribution in [0.3, 0.4) is 0 Å². The van der Waals surface area contributed by atoms with Gasteiger partial charge in [-0.1, -0.05) is 5.57 Å². The van der Waals surface area contributed by atoms with Crippen molar-refractivity contribution in [1.82, 2.24) is 10.3 Å². The summed E-state index contributed by atoms with van der Waals surface area (Å²) >= 11 is 0. The van der Waals surface area contributed by atoms with E-state index in [0.717, 1.165) is 11.1 Å². The first kappa shape index (κ1) is 11.4. The molecule has 0 saturated heterocycles. The highest BCUT2D eigenvalue weighted by Crippen LogP contribution is 2.09. The second-order valence-corrected chi connectivity index (χ2v) is 3.73. The SMILES string of the molecule is CC(C)=CC(=O)N[C@H](C)c1ccncc1. The van der Waals surface area contributed by atoms with Crippen molar-refractivity contribution >= 4 is 5.91 Å². The molecule has 1 aromatic heterocycles. The fourth-order valence-electron chi connectivity index (χ4n) is 1.25. The molecule has 0 saturated carbocycles. The molecule has 0 aliphatic heterocycles. The maximum atomic E-state index is 11.4. The van der Waals surface area contributed by atoms with Gasteiger partial charge in [-0.3, -0.25) is 9.78 Å². The van der Waals surface area contributed by atoms with Crippen molar-refractivity contribution in [3.05, 3.63) is 41.7 Å². The lowest BCUT2D eigenvalue weighted by molar-refractivity contribution is -0.117. The number of aromatic nitrogens is 1. The number of allylic oxidation sites excluding steroid dienone is 1. The van der Waals surface area contributed by atoms with Crippen LogP contribution in [-0.4, -0.2) is 10.9 Å². The molecule has 1 aromatic rings. The monoisotopic (exact) mass is 204 g/mol. The van der Waals surface area contributed by atoms with Crippen molar-refractivity contribution in [2.75, 3.05) is 0 Å². The number of amides is 1. The lowest BCUT2D eigenvalue weighted by Crippen LogP contribution is -2.24. The molecule has 15 heavy (non-hydrogen) atoms. The first-order chi connectivity index (χ1) is 7.09. The Kier molecular flexibility index (Phi) is 4.03. The summed E-state index contributed by atoms with van der Waals surface area (Å²) in [4.78, 5) is 15.4. The highest BCUT2D eigenvalue weighted by atomic mass is 16.1. The van der Waals surface area contributed by atoms with Gasteiger partial charge in [0.15, 0.2) is 0 Å². The summed E-state index contributed by atoms with van der Waals surface area (Å²) in [7, 11) is 0. The van der Waals surface area contributed by atoms with Crippen LogP contribution < -0.4 is 5.32 Å². The number of nitrogens with one attached hydrogen (secondary N) is 1. The lowest BCUT2D eigenvalue weighted by atomic mass is 10.1. The first-order valence-corrected chi connectivity index (χ1v) is 4.95. The van der Waals surface area contributed by atoms with Crippen LogP contribution in [0.1, 0.15) is 32.4 Å². The molecule has 1 N–H and O–H groups in total. The Morgan fingerprint density at radius 3 is 2.53 bits per heavy atom. The largest absolute Gasteiger partial charge is 0.346 e. The molecular formula is C12H16N2O. The Balaban J connectivity index is 2.61. The van der Waals surface area contributed by atoms with E-state index in [2.05, 4.69) is 10.3 Å². The number of rotatable bonds is 3. The molecule has 0 fully saturated rings. The van der Waals surface area contributed by atoms with Crippen LogP contribution in [0.4, 0.5) is 0 Å². The summed E-state index contributed by atoms with van der Waals surface area (Å²) < 4.78 is 0. The number of hydrogen-bond donors (Lipinski definition) is 1. The predicted molar refractivity (Wildman–Crippen MR) is 60.2 cm³/mol. The van der Waals surface area contributed by atoms with Crippen LogP contribution in [0.15, 0.2) is 36.2 Å². The van der Waals surface area contributed by atoms with Gasteiger partial charge in [0.05, 0.1) is 6.04 Å².